The second-order valence-electron chi connectivity index (χ2n) is 5.82. The van der Waals surface area contributed by atoms with Crippen LogP contribution in [-0.2, 0) is 11.2 Å². The Hall–Kier alpha value is -1.14. The minimum atomic E-state index is -0.0860. The number of methoxy groups -OCH3 is 1. The highest BCUT2D eigenvalue weighted by Gasteiger charge is 2.25. The lowest BCUT2D eigenvalue weighted by Gasteiger charge is -2.38. The molecule has 1 atom stereocenters. The van der Waals surface area contributed by atoms with Gasteiger partial charge in [0.15, 0.2) is 0 Å². The maximum absolute atomic E-state index is 5.99. The Morgan fingerprint density at radius 3 is 2.52 bits per heavy atom. The Kier molecular flexibility index (Phi) is 5.99. The number of aryl methyl sites for hydroxylation is 1. The van der Waals surface area contributed by atoms with E-state index < -0.39 is 0 Å². The van der Waals surface area contributed by atoms with Crippen molar-refractivity contribution in [3.8, 4) is 5.75 Å². The second-order valence-corrected chi connectivity index (χ2v) is 5.82. The molecule has 1 aromatic rings. The molecule has 1 unspecified atom stereocenters. The summed E-state index contributed by atoms with van der Waals surface area (Å²) in [5.41, 5.74) is 10.8. The van der Waals surface area contributed by atoms with Crippen LogP contribution >= 0.6 is 0 Å². The zero-order valence-corrected chi connectivity index (χ0v) is 13.1. The van der Waals surface area contributed by atoms with Crippen molar-refractivity contribution in [2.45, 2.75) is 25.3 Å². The molecule has 0 saturated carbocycles. The first kappa shape index (κ1) is 16.2. The third kappa shape index (κ3) is 4.97. The van der Waals surface area contributed by atoms with Crippen LogP contribution in [0.4, 0.5) is 0 Å². The van der Waals surface area contributed by atoms with Crippen LogP contribution in [0.3, 0.4) is 0 Å². The van der Waals surface area contributed by atoms with Gasteiger partial charge in [-0.05, 0) is 37.5 Å². The molecule has 118 valence electrons. The van der Waals surface area contributed by atoms with Crippen molar-refractivity contribution in [3.63, 3.8) is 0 Å². The zero-order valence-electron chi connectivity index (χ0n) is 13.1. The Morgan fingerprint density at radius 2 is 1.95 bits per heavy atom. The second kappa shape index (κ2) is 7.75. The number of hydrogen-bond donors (Lipinski definition) is 2. The number of hydrogen-bond acceptors (Lipinski definition) is 5. The number of ether oxygens (including phenoxy) is 2. The molecule has 0 aliphatic carbocycles. The third-order valence-corrected chi connectivity index (χ3v) is 4.01. The average Bonchev–Trinajstić information content (AvgIpc) is 2.54. The Morgan fingerprint density at radius 1 is 1.29 bits per heavy atom. The van der Waals surface area contributed by atoms with E-state index in [9.17, 15) is 0 Å². The largest absolute Gasteiger partial charge is 0.497 e. The van der Waals surface area contributed by atoms with Crippen LogP contribution in [0.5, 0.6) is 5.75 Å². The van der Waals surface area contributed by atoms with E-state index in [4.69, 9.17) is 15.2 Å². The summed E-state index contributed by atoms with van der Waals surface area (Å²) in [5, 5.41) is 2.23. The fraction of sp³-hybridized carbons (Fsp3) is 0.625. The quantitative estimate of drug-likeness (QED) is 0.790. The molecule has 1 saturated heterocycles. The molecule has 1 aliphatic rings. The molecule has 1 heterocycles. The number of morpholine rings is 1. The fourth-order valence-electron chi connectivity index (χ4n) is 2.47. The van der Waals surface area contributed by atoms with Gasteiger partial charge >= 0.3 is 0 Å². The van der Waals surface area contributed by atoms with Gasteiger partial charge in [-0.15, -0.1) is 0 Å². The smallest absolute Gasteiger partial charge is 0.118 e. The van der Waals surface area contributed by atoms with Crippen molar-refractivity contribution in [1.29, 1.82) is 0 Å². The summed E-state index contributed by atoms with van der Waals surface area (Å²) in [6, 6.07) is 8.24. The minimum Gasteiger partial charge on any atom is -0.497 e. The van der Waals surface area contributed by atoms with Crippen LogP contribution < -0.4 is 15.9 Å². The molecule has 0 bridgehead atoms. The molecule has 3 N–H and O–H groups in total. The lowest BCUT2D eigenvalue weighted by atomic mass is 9.94. The highest BCUT2D eigenvalue weighted by molar-refractivity contribution is 5.27. The minimum absolute atomic E-state index is 0.0860. The van der Waals surface area contributed by atoms with E-state index in [-0.39, 0.29) is 5.54 Å². The number of hydrazine groups is 1. The molecule has 0 radical (unpaired) electrons. The SMILES string of the molecule is COc1ccc(CCC(C)(CN)NN2CCOCC2)cc1. The van der Waals surface area contributed by atoms with Crippen molar-refractivity contribution < 1.29 is 9.47 Å². The summed E-state index contributed by atoms with van der Waals surface area (Å²) in [4.78, 5) is 0. The van der Waals surface area contributed by atoms with E-state index in [2.05, 4.69) is 29.5 Å². The van der Waals surface area contributed by atoms with Crippen molar-refractivity contribution >= 4 is 0 Å². The van der Waals surface area contributed by atoms with Gasteiger partial charge in [0.25, 0.3) is 0 Å². The first-order chi connectivity index (χ1) is 10.1. The summed E-state index contributed by atoms with van der Waals surface area (Å²) in [5.74, 6) is 0.895. The van der Waals surface area contributed by atoms with Crippen molar-refractivity contribution in [3.05, 3.63) is 29.8 Å². The van der Waals surface area contributed by atoms with Gasteiger partial charge in [0.2, 0.25) is 0 Å². The molecule has 5 nitrogen and oxygen atoms in total. The lowest BCUT2D eigenvalue weighted by Crippen LogP contribution is -2.59. The number of rotatable bonds is 7. The molecule has 1 aromatic carbocycles. The van der Waals surface area contributed by atoms with Gasteiger partial charge in [-0.25, -0.2) is 10.4 Å². The highest BCUT2D eigenvalue weighted by Crippen LogP contribution is 2.17. The highest BCUT2D eigenvalue weighted by atomic mass is 16.5. The lowest BCUT2D eigenvalue weighted by molar-refractivity contribution is -0.0101. The average molecular weight is 293 g/mol. The Balaban J connectivity index is 1.87. The van der Waals surface area contributed by atoms with Crippen LogP contribution in [0.1, 0.15) is 18.9 Å². The number of nitrogens with zero attached hydrogens (tertiary/aromatic N) is 1. The monoisotopic (exact) mass is 293 g/mol. The molecule has 0 spiro atoms. The molecular formula is C16H27N3O2. The van der Waals surface area contributed by atoms with E-state index in [1.807, 2.05) is 12.1 Å². The molecule has 2 rings (SSSR count). The van der Waals surface area contributed by atoms with Crippen LogP contribution in [0, 0.1) is 0 Å². The molecule has 0 aromatic heterocycles. The molecule has 5 heteroatoms. The molecule has 1 fully saturated rings. The van der Waals surface area contributed by atoms with Gasteiger partial charge < -0.3 is 15.2 Å². The first-order valence-corrected chi connectivity index (χ1v) is 7.59. The standard InChI is InChI=1S/C16H27N3O2/c1-16(13-17,18-19-9-11-21-12-10-19)8-7-14-3-5-15(20-2)6-4-14/h3-6,18H,7-13,17H2,1-2H3. The number of nitrogens with one attached hydrogen (secondary N) is 1. The Bertz CT molecular complexity index is 418. The van der Waals surface area contributed by atoms with Gasteiger partial charge in [0.05, 0.1) is 20.3 Å². The number of benzene rings is 1. The predicted octanol–water partition coefficient (Wildman–Crippen LogP) is 1.18. The topological polar surface area (TPSA) is 59.8 Å². The van der Waals surface area contributed by atoms with Crippen molar-refractivity contribution in [2.75, 3.05) is 40.0 Å². The van der Waals surface area contributed by atoms with Crippen molar-refractivity contribution in [1.82, 2.24) is 10.4 Å². The fourth-order valence-corrected chi connectivity index (χ4v) is 2.47. The summed E-state index contributed by atoms with van der Waals surface area (Å²) < 4.78 is 10.6. The normalized spacial score (nSPS) is 19.2. The summed E-state index contributed by atoms with van der Waals surface area (Å²) in [6.45, 7) is 6.20. The summed E-state index contributed by atoms with van der Waals surface area (Å²) >= 11 is 0. The molecular weight excluding hydrogens is 266 g/mol. The summed E-state index contributed by atoms with van der Waals surface area (Å²) in [7, 11) is 1.69. The first-order valence-electron chi connectivity index (χ1n) is 7.59. The zero-order chi connectivity index (χ0) is 15.1. The third-order valence-electron chi connectivity index (χ3n) is 4.01. The molecule has 1 aliphatic heterocycles. The van der Waals surface area contributed by atoms with Gasteiger partial charge in [0, 0.05) is 25.2 Å². The maximum Gasteiger partial charge on any atom is 0.118 e. The van der Waals surface area contributed by atoms with Crippen LogP contribution in [0.25, 0.3) is 0 Å². The van der Waals surface area contributed by atoms with Crippen molar-refractivity contribution in [2.24, 2.45) is 5.73 Å². The number of nitrogens with two attached hydrogens (primary N) is 1. The van der Waals surface area contributed by atoms with E-state index in [0.29, 0.717) is 6.54 Å². The summed E-state index contributed by atoms with van der Waals surface area (Å²) in [6.07, 6.45) is 1.99. The van der Waals surface area contributed by atoms with E-state index in [1.54, 1.807) is 7.11 Å². The van der Waals surface area contributed by atoms with Gasteiger partial charge in [-0.1, -0.05) is 12.1 Å². The van der Waals surface area contributed by atoms with E-state index in [0.717, 1.165) is 44.9 Å². The van der Waals surface area contributed by atoms with Gasteiger partial charge in [-0.2, -0.15) is 0 Å². The van der Waals surface area contributed by atoms with Gasteiger partial charge in [0.1, 0.15) is 5.75 Å². The van der Waals surface area contributed by atoms with E-state index in [1.165, 1.54) is 5.56 Å². The molecule has 0 amide bonds. The van der Waals surface area contributed by atoms with Crippen LogP contribution in [0.15, 0.2) is 24.3 Å². The van der Waals surface area contributed by atoms with Crippen LogP contribution in [-0.4, -0.2) is 50.5 Å². The van der Waals surface area contributed by atoms with E-state index >= 15 is 0 Å². The predicted molar refractivity (Wildman–Crippen MR) is 84.3 cm³/mol. The Labute approximate surface area is 127 Å². The van der Waals surface area contributed by atoms with Gasteiger partial charge in [-0.3, -0.25) is 0 Å². The molecule has 21 heavy (non-hydrogen) atoms. The maximum atomic E-state index is 5.99. The van der Waals surface area contributed by atoms with Crippen LogP contribution in [0.2, 0.25) is 0 Å².